The molecule has 2 aliphatic rings. The molecule has 0 radical (unpaired) electrons. The summed E-state index contributed by atoms with van der Waals surface area (Å²) in [5.74, 6) is -1.58. The molecule has 1 aromatic rings. The average Bonchev–Trinajstić information content (AvgIpc) is 3.12. The number of pyridine rings is 1. The summed E-state index contributed by atoms with van der Waals surface area (Å²) in [7, 11) is 0. The van der Waals surface area contributed by atoms with Gasteiger partial charge in [0.2, 0.25) is 11.8 Å². The number of nitrogens with zero attached hydrogens (tertiary/aromatic N) is 2. The molecule has 0 bridgehead atoms. The number of carboxylic acids is 1. The van der Waals surface area contributed by atoms with Gasteiger partial charge in [0.1, 0.15) is 5.82 Å². The molecular weight excluding hydrogens is 248 g/mol. The van der Waals surface area contributed by atoms with Crippen LogP contribution >= 0.6 is 0 Å². The minimum Gasteiger partial charge on any atom is -0.478 e. The highest BCUT2D eigenvalue weighted by molar-refractivity contribution is 6.24. The Kier molecular flexibility index (Phi) is 2.45. The summed E-state index contributed by atoms with van der Waals surface area (Å²) in [6.07, 6.45) is 2.92. The third-order valence-electron chi connectivity index (χ3n) is 3.25. The second-order valence-corrected chi connectivity index (χ2v) is 4.55. The van der Waals surface area contributed by atoms with Crippen LogP contribution in [0.5, 0.6) is 0 Å². The van der Waals surface area contributed by atoms with E-state index in [0.29, 0.717) is 12.1 Å². The number of imide groups is 1. The number of amides is 2. The molecule has 2 unspecified atom stereocenters. The lowest BCUT2D eigenvalue weighted by atomic mass is 10.3. The van der Waals surface area contributed by atoms with Crippen LogP contribution in [-0.2, 0) is 14.4 Å². The fraction of sp³-hybridized carbons (Fsp3) is 0.231. The molecule has 1 aliphatic carbocycles. The number of carbonyl (C=O) groups is 3. The monoisotopic (exact) mass is 258 g/mol. The maximum absolute atomic E-state index is 11.9. The second-order valence-electron chi connectivity index (χ2n) is 4.55. The zero-order valence-electron chi connectivity index (χ0n) is 9.81. The maximum atomic E-state index is 11.9. The quantitative estimate of drug-likeness (QED) is 0.636. The smallest absolute Gasteiger partial charge is 0.328 e. The van der Waals surface area contributed by atoms with Crippen molar-refractivity contribution in [2.24, 2.45) is 11.8 Å². The van der Waals surface area contributed by atoms with Gasteiger partial charge >= 0.3 is 5.97 Å². The lowest BCUT2D eigenvalue weighted by molar-refractivity contribution is -0.131. The highest BCUT2D eigenvalue weighted by Gasteiger charge is 2.59. The average molecular weight is 258 g/mol. The van der Waals surface area contributed by atoms with E-state index < -0.39 is 5.97 Å². The van der Waals surface area contributed by atoms with Crippen LogP contribution in [0.3, 0.4) is 0 Å². The van der Waals surface area contributed by atoms with Gasteiger partial charge in [-0.05, 0) is 24.6 Å². The minimum absolute atomic E-state index is 0.174. The Labute approximate surface area is 108 Å². The first-order valence-corrected chi connectivity index (χ1v) is 5.84. The number of aromatic nitrogens is 1. The van der Waals surface area contributed by atoms with E-state index in [2.05, 4.69) is 4.98 Å². The molecule has 3 rings (SSSR count). The number of anilines is 1. The van der Waals surface area contributed by atoms with Crippen molar-refractivity contribution in [2.75, 3.05) is 4.90 Å². The zero-order valence-corrected chi connectivity index (χ0v) is 9.81. The van der Waals surface area contributed by atoms with Crippen LogP contribution in [0.1, 0.15) is 12.1 Å². The molecule has 2 amide bonds. The van der Waals surface area contributed by atoms with Gasteiger partial charge in [0.15, 0.2) is 0 Å². The first kappa shape index (κ1) is 11.6. The molecule has 2 fully saturated rings. The van der Waals surface area contributed by atoms with Crippen molar-refractivity contribution < 1.29 is 19.5 Å². The molecule has 1 aromatic heterocycles. The summed E-state index contributed by atoms with van der Waals surface area (Å²) in [6.45, 7) is 0. The zero-order chi connectivity index (χ0) is 13.6. The summed E-state index contributed by atoms with van der Waals surface area (Å²) in [5.41, 5.74) is 0.390. The van der Waals surface area contributed by atoms with Crippen molar-refractivity contribution in [3.63, 3.8) is 0 Å². The second kappa shape index (κ2) is 4.01. The van der Waals surface area contributed by atoms with Gasteiger partial charge in [0, 0.05) is 6.08 Å². The van der Waals surface area contributed by atoms with Gasteiger partial charge < -0.3 is 5.11 Å². The fourth-order valence-corrected chi connectivity index (χ4v) is 2.22. The number of hydrogen-bond donors (Lipinski definition) is 1. The van der Waals surface area contributed by atoms with E-state index in [0.717, 1.165) is 11.0 Å². The highest BCUT2D eigenvalue weighted by atomic mass is 16.4. The van der Waals surface area contributed by atoms with E-state index in [4.69, 9.17) is 5.11 Å². The number of rotatable bonds is 3. The van der Waals surface area contributed by atoms with E-state index in [1.165, 1.54) is 6.08 Å². The van der Waals surface area contributed by atoms with Crippen LogP contribution in [0.25, 0.3) is 6.08 Å². The number of fused-ring (bicyclic) bond motifs is 1. The van der Waals surface area contributed by atoms with Gasteiger partial charge in [-0.15, -0.1) is 0 Å². The molecule has 96 valence electrons. The molecule has 6 heteroatoms. The number of aliphatic carboxylic acids is 1. The largest absolute Gasteiger partial charge is 0.478 e. The van der Waals surface area contributed by atoms with Crippen molar-refractivity contribution >= 4 is 29.7 Å². The van der Waals surface area contributed by atoms with Gasteiger partial charge in [-0.2, -0.15) is 0 Å². The Morgan fingerprint density at radius 1 is 1.32 bits per heavy atom. The van der Waals surface area contributed by atoms with Crippen LogP contribution in [0.4, 0.5) is 5.82 Å². The van der Waals surface area contributed by atoms with Crippen molar-refractivity contribution in [1.82, 2.24) is 4.98 Å². The summed E-state index contributed by atoms with van der Waals surface area (Å²) < 4.78 is 0. The van der Waals surface area contributed by atoms with Crippen molar-refractivity contribution in [2.45, 2.75) is 6.42 Å². The third kappa shape index (κ3) is 1.91. The normalized spacial score (nSPS) is 24.9. The van der Waals surface area contributed by atoms with Crippen LogP contribution in [-0.4, -0.2) is 27.9 Å². The predicted molar refractivity (Wildman–Crippen MR) is 65.0 cm³/mol. The van der Waals surface area contributed by atoms with Crippen LogP contribution in [0.2, 0.25) is 0 Å². The standard InChI is InChI=1S/C13H10N2O4/c16-11(17)5-4-7-2-1-3-10(14-7)15-12(18)8-6-9(8)13(15)19/h1-5,8-9H,6H2,(H,16,17). The SMILES string of the molecule is O=C(O)C=Cc1cccc(N2C(=O)C3CC3C2=O)n1. The molecule has 2 heterocycles. The van der Waals surface area contributed by atoms with Gasteiger partial charge in [0.05, 0.1) is 17.5 Å². The summed E-state index contributed by atoms with van der Waals surface area (Å²) in [5, 5.41) is 8.55. The summed E-state index contributed by atoms with van der Waals surface area (Å²) in [6, 6.07) is 4.81. The number of hydrogen-bond acceptors (Lipinski definition) is 4. The minimum atomic E-state index is -1.08. The molecule has 6 nitrogen and oxygen atoms in total. The van der Waals surface area contributed by atoms with E-state index in [9.17, 15) is 14.4 Å². The molecule has 0 spiro atoms. The molecule has 1 saturated carbocycles. The Morgan fingerprint density at radius 2 is 2.00 bits per heavy atom. The highest BCUT2D eigenvalue weighted by Crippen LogP contribution is 2.47. The van der Waals surface area contributed by atoms with E-state index in [-0.39, 0.29) is 29.5 Å². The number of piperidine rings is 1. The van der Waals surface area contributed by atoms with E-state index >= 15 is 0 Å². The van der Waals surface area contributed by atoms with Crippen LogP contribution < -0.4 is 4.90 Å². The van der Waals surface area contributed by atoms with E-state index in [1.54, 1.807) is 18.2 Å². The molecule has 1 saturated heterocycles. The van der Waals surface area contributed by atoms with Gasteiger partial charge in [-0.3, -0.25) is 9.59 Å². The van der Waals surface area contributed by atoms with Crippen molar-refractivity contribution in [1.29, 1.82) is 0 Å². The first-order chi connectivity index (χ1) is 9.08. The van der Waals surface area contributed by atoms with E-state index in [1.807, 2.05) is 0 Å². The van der Waals surface area contributed by atoms with Gasteiger partial charge in [0.25, 0.3) is 0 Å². The predicted octanol–water partition coefficient (Wildman–Crippen LogP) is 0.689. The molecule has 1 aliphatic heterocycles. The number of carbonyl (C=O) groups excluding carboxylic acids is 2. The lowest BCUT2D eigenvalue weighted by Gasteiger charge is -2.15. The summed E-state index contributed by atoms with van der Waals surface area (Å²) >= 11 is 0. The molecule has 1 N–H and O–H groups in total. The number of carboxylic acid groups (broad SMARTS) is 1. The van der Waals surface area contributed by atoms with Crippen molar-refractivity contribution in [3.8, 4) is 0 Å². The molecular formula is C13H10N2O4. The van der Waals surface area contributed by atoms with Crippen LogP contribution in [0.15, 0.2) is 24.3 Å². The van der Waals surface area contributed by atoms with Crippen LogP contribution in [0, 0.1) is 11.8 Å². The molecule has 2 atom stereocenters. The molecule has 19 heavy (non-hydrogen) atoms. The molecule has 0 aromatic carbocycles. The maximum Gasteiger partial charge on any atom is 0.328 e. The Morgan fingerprint density at radius 3 is 2.63 bits per heavy atom. The Balaban J connectivity index is 1.89. The third-order valence-corrected chi connectivity index (χ3v) is 3.25. The fourth-order valence-electron chi connectivity index (χ4n) is 2.22. The summed E-state index contributed by atoms with van der Waals surface area (Å²) in [4.78, 5) is 39.4. The van der Waals surface area contributed by atoms with Gasteiger partial charge in [-0.25, -0.2) is 14.7 Å². The van der Waals surface area contributed by atoms with Gasteiger partial charge in [-0.1, -0.05) is 6.07 Å². The Hall–Kier alpha value is -2.50. The lowest BCUT2D eigenvalue weighted by Crippen LogP contribution is -2.33. The first-order valence-electron chi connectivity index (χ1n) is 5.84. The van der Waals surface area contributed by atoms with Crippen molar-refractivity contribution in [3.05, 3.63) is 30.0 Å². The Bertz CT molecular complexity index is 603. The topological polar surface area (TPSA) is 87.6 Å².